The van der Waals surface area contributed by atoms with Crippen LogP contribution in [0.2, 0.25) is 0 Å². The molecule has 1 rings (SSSR count). The topological polar surface area (TPSA) is 40.5 Å². The molecule has 0 saturated heterocycles. The van der Waals surface area contributed by atoms with Gasteiger partial charge < -0.3 is 10.2 Å². The van der Waals surface area contributed by atoms with Gasteiger partial charge in [0, 0.05) is 0 Å². The van der Waals surface area contributed by atoms with E-state index in [2.05, 4.69) is 6.92 Å². The van der Waals surface area contributed by atoms with Gasteiger partial charge in [0.05, 0.1) is 0 Å². The van der Waals surface area contributed by atoms with Crippen LogP contribution in [0.5, 0.6) is 11.5 Å². The quantitative estimate of drug-likeness (QED) is 0.554. The zero-order valence-corrected chi connectivity index (χ0v) is 9.37. The van der Waals surface area contributed by atoms with Gasteiger partial charge in [-0.1, -0.05) is 38.7 Å². The second-order valence-corrected chi connectivity index (χ2v) is 3.99. The van der Waals surface area contributed by atoms with Crippen LogP contribution in [0, 0.1) is 0 Å². The van der Waals surface area contributed by atoms with E-state index in [4.69, 9.17) is 5.11 Å². The highest BCUT2D eigenvalue weighted by Crippen LogP contribution is 2.25. The Morgan fingerprint density at radius 2 is 1.67 bits per heavy atom. The van der Waals surface area contributed by atoms with Gasteiger partial charge >= 0.3 is 0 Å². The van der Waals surface area contributed by atoms with Gasteiger partial charge in [-0.15, -0.1) is 0 Å². The first-order chi connectivity index (χ1) is 7.24. The van der Waals surface area contributed by atoms with E-state index in [0.717, 1.165) is 18.4 Å². The molecule has 0 atom stereocenters. The molecule has 0 bridgehead atoms. The Balaban J connectivity index is 2.28. The molecular weight excluding hydrogens is 188 g/mol. The minimum atomic E-state index is -0.0373. The Labute approximate surface area is 91.6 Å². The molecule has 0 radical (unpaired) electrons. The molecule has 0 aromatic heterocycles. The number of phenolic OH excluding ortho intramolecular Hbond substituents is 2. The maximum absolute atomic E-state index is 9.29. The van der Waals surface area contributed by atoms with Gasteiger partial charge in [-0.2, -0.15) is 0 Å². The number of hydrogen-bond donors (Lipinski definition) is 2. The summed E-state index contributed by atoms with van der Waals surface area (Å²) in [4.78, 5) is 0. The highest BCUT2D eigenvalue weighted by Gasteiger charge is 2.00. The number of hydrogen-bond acceptors (Lipinski definition) is 2. The molecule has 15 heavy (non-hydrogen) atoms. The zero-order chi connectivity index (χ0) is 11.1. The molecule has 0 spiro atoms. The Bertz CT molecular complexity index is 295. The fourth-order valence-electron chi connectivity index (χ4n) is 1.66. The van der Waals surface area contributed by atoms with E-state index < -0.39 is 0 Å². The first-order valence-corrected chi connectivity index (χ1v) is 5.75. The average molecular weight is 208 g/mol. The monoisotopic (exact) mass is 208 g/mol. The van der Waals surface area contributed by atoms with Crippen LogP contribution in [-0.4, -0.2) is 10.2 Å². The SMILES string of the molecule is CCCCCCCc1ccc(O)c(O)c1. The summed E-state index contributed by atoms with van der Waals surface area (Å²) in [6, 6.07) is 5.07. The average Bonchev–Trinajstić information content (AvgIpc) is 2.23. The molecule has 0 fully saturated rings. The Morgan fingerprint density at radius 3 is 2.33 bits per heavy atom. The first kappa shape index (κ1) is 11.9. The van der Waals surface area contributed by atoms with Crippen LogP contribution >= 0.6 is 0 Å². The van der Waals surface area contributed by atoms with Crippen LogP contribution in [-0.2, 0) is 6.42 Å². The molecular formula is C13H20O2. The molecule has 1 aromatic carbocycles. The van der Waals surface area contributed by atoms with E-state index in [0.29, 0.717) is 0 Å². The Kier molecular flexibility index (Phi) is 5.02. The van der Waals surface area contributed by atoms with Crippen LogP contribution < -0.4 is 0 Å². The molecule has 0 aliphatic carbocycles. The maximum atomic E-state index is 9.29. The lowest BCUT2D eigenvalue weighted by atomic mass is 10.1. The van der Waals surface area contributed by atoms with Gasteiger partial charge in [0.2, 0.25) is 0 Å². The molecule has 2 nitrogen and oxygen atoms in total. The van der Waals surface area contributed by atoms with Gasteiger partial charge in [0.15, 0.2) is 11.5 Å². The number of phenols is 2. The third-order valence-corrected chi connectivity index (χ3v) is 2.61. The fourth-order valence-corrected chi connectivity index (χ4v) is 1.66. The van der Waals surface area contributed by atoms with Gasteiger partial charge in [-0.25, -0.2) is 0 Å². The predicted molar refractivity (Wildman–Crippen MR) is 62.2 cm³/mol. The lowest BCUT2D eigenvalue weighted by Crippen LogP contribution is -1.86. The molecule has 2 heteroatoms. The smallest absolute Gasteiger partial charge is 0.157 e. The molecule has 0 aliphatic rings. The zero-order valence-electron chi connectivity index (χ0n) is 9.37. The van der Waals surface area contributed by atoms with Crippen molar-refractivity contribution in [2.75, 3.05) is 0 Å². The standard InChI is InChI=1S/C13H20O2/c1-2-3-4-5-6-7-11-8-9-12(14)13(15)10-11/h8-10,14-15H,2-7H2,1H3. The van der Waals surface area contributed by atoms with Crippen molar-refractivity contribution in [2.24, 2.45) is 0 Å². The minimum absolute atomic E-state index is 0.0129. The van der Waals surface area contributed by atoms with Crippen LogP contribution in [0.15, 0.2) is 18.2 Å². The van der Waals surface area contributed by atoms with E-state index in [1.54, 1.807) is 12.1 Å². The molecule has 1 aromatic rings. The largest absolute Gasteiger partial charge is 0.504 e. The Morgan fingerprint density at radius 1 is 0.933 bits per heavy atom. The van der Waals surface area contributed by atoms with Crippen molar-refractivity contribution in [1.82, 2.24) is 0 Å². The van der Waals surface area contributed by atoms with Crippen LogP contribution in [0.4, 0.5) is 0 Å². The van der Waals surface area contributed by atoms with Gasteiger partial charge in [-0.05, 0) is 30.5 Å². The van der Waals surface area contributed by atoms with Crippen LogP contribution in [0.1, 0.15) is 44.6 Å². The van der Waals surface area contributed by atoms with Crippen molar-refractivity contribution in [2.45, 2.75) is 45.4 Å². The second-order valence-electron chi connectivity index (χ2n) is 3.99. The van der Waals surface area contributed by atoms with Gasteiger partial charge in [0.1, 0.15) is 0 Å². The summed E-state index contributed by atoms with van der Waals surface area (Å²) in [5.41, 5.74) is 1.10. The molecule has 0 saturated carbocycles. The summed E-state index contributed by atoms with van der Waals surface area (Å²) in [6.45, 7) is 2.21. The van der Waals surface area contributed by atoms with Crippen molar-refractivity contribution < 1.29 is 10.2 Å². The fraction of sp³-hybridized carbons (Fsp3) is 0.538. The van der Waals surface area contributed by atoms with Gasteiger partial charge in [-0.3, -0.25) is 0 Å². The number of aryl methyl sites for hydroxylation is 1. The van der Waals surface area contributed by atoms with Gasteiger partial charge in [0.25, 0.3) is 0 Å². The summed E-state index contributed by atoms with van der Waals surface area (Å²) < 4.78 is 0. The lowest BCUT2D eigenvalue weighted by Gasteiger charge is -2.03. The highest BCUT2D eigenvalue weighted by atomic mass is 16.3. The summed E-state index contributed by atoms with van der Waals surface area (Å²) in [5.74, 6) is -0.0502. The predicted octanol–water partition coefficient (Wildman–Crippen LogP) is 3.61. The van der Waals surface area contributed by atoms with E-state index in [9.17, 15) is 5.11 Å². The molecule has 0 unspecified atom stereocenters. The van der Waals surface area contributed by atoms with Crippen molar-refractivity contribution in [3.63, 3.8) is 0 Å². The molecule has 0 amide bonds. The lowest BCUT2D eigenvalue weighted by molar-refractivity contribution is 0.403. The van der Waals surface area contributed by atoms with E-state index in [1.165, 1.54) is 25.7 Å². The second kappa shape index (κ2) is 6.33. The number of unbranched alkanes of at least 4 members (excludes halogenated alkanes) is 4. The van der Waals surface area contributed by atoms with E-state index in [1.807, 2.05) is 6.07 Å². The summed E-state index contributed by atoms with van der Waals surface area (Å²) >= 11 is 0. The third-order valence-electron chi connectivity index (χ3n) is 2.61. The number of rotatable bonds is 6. The third kappa shape index (κ3) is 4.24. The van der Waals surface area contributed by atoms with Crippen molar-refractivity contribution in [3.05, 3.63) is 23.8 Å². The molecule has 84 valence electrons. The molecule has 0 heterocycles. The van der Waals surface area contributed by atoms with Crippen molar-refractivity contribution >= 4 is 0 Å². The Hall–Kier alpha value is -1.18. The van der Waals surface area contributed by atoms with Crippen molar-refractivity contribution in [3.8, 4) is 11.5 Å². The molecule has 2 N–H and O–H groups in total. The number of aromatic hydroxyl groups is 2. The van der Waals surface area contributed by atoms with Crippen molar-refractivity contribution in [1.29, 1.82) is 0 Å². The highest BCUT2D eigenvalue weighted by molar-refractivity contribution is 5.40. The maximum Gasteiger partial charge on any atom is 0.157 e. The minimum Gasteiger partial charge on any atom is -0.504 e. The van der Waals surface area contributed by atoms with E-state index in [-0.39, 0.29) is 11.5 Å². The summed E-state index contributed by atoms with van der Waals surface area (Å²) in [5, 5.41) is 18.4. The summed E-state index contributed by atoms with van der Waals surface area (Å²) in [7, 11) is 0. The summed E-state index contributed by atoms with van der Waals surface area (Å²) in [6.07, 6.45) is 7.25. The van der Waals surface area contributed by atoms with E-state index >= 15 is 0 Å². The first-order valence-electron chi connectivity index (χ1n) is 5.75. The molecule has 0 aliphatic heterocycles. The van der Waals surface area contributed by atoms with Crippen LogP contribution in [0.25, 0.3) is 0 Å². The normalized spacial score (nSPS) is 10.5. The van der Waals surface area contributed by atoms with Crippen LogP contribution in [0.3, 0.4) is 0 Å². The number of benzene rings is 1.